The second kappa shape index (κ2) is 9.41. The topological polar surface area (TPSA) is 30.5 Å². The zero-order valence-corrected chi connectivity index (χ0v) is 16.9. The van der Waals surface area contributed by atoms with Crippen molar-refractivity contribution in [3.05, 3.63) is 56.8 Å². The van der Waals surface area contributed by atoms with Crippen molar-refractivity contribution in [1.82, 2.24) is 5.32 Å². The third-order valence-electron chi connectivity index (χ3n) is 3.63. The van der Waals surface area contributed by atoms with Crippen molar-refractivity contribution in [2.75, 3.05) is 13.7 Å². The Morgan fingerprint density at radius 3 is 2.64 bits per heavy atom. The Labute approximate surface area is 161 Å². The van der Waals surface area contributed by atoms with Crippen LogP contribution in [-0.4, -0.2) is 13.7 Å². The molecular weight excluding hydrogens is 409 g/mol. The normalized spacial score (nSPS) is 11.0. The van der Waals surface area contributed by atoms with Gasteiger partial charge in [0.1, 0.15) is 12.4 Å². The SMILES string of the molecule is COc1ccc(Br)c(CNCC(C)C)c1OCc1ccc(F)cc1Cl. The van der Waals surface area contributed by atoms with E-state index in [2.05, 4.69) is 35.1 Å². The van der Waals surface area contributed by atoms with Gasteiger partial charge >= 0.3 is 0 Å². The fraction of sp³-hybridized carbons (Fsp3) is 0.368. The summed E-state index contributed by atoms with van der Waals surface area (Å²) in [6.45, 7) is 6.07. The molecule has 0 heterocycles. The van der Waals surface area contributed by atoms with Gasteiger partial charge in [-0.1, -0.05) is 47.4 Å². The molecule has 2 aromatic rings. The molecule has 0 bridgehead atoms. The van der Waals surface area contributed by atoms with Crippen LogP contribution in [-0.2, 0) is 13.2 Å². The minimum Gasteiger partial charge on any atom is -0.493 e. The molecule has 0 spiro atoms. The highest BCUT2D eigenvalue weighted by Crippen LogP contribution is 2.37. The van der Waals surface area contributed by atoms with Crippen molar-refractivity contribution in [1.29, 1.82) is 0 Å². The Morgan fingerprint density at radius 2 is 2.00 bits per heavy atom. The Morgan fingerprint density at radius 1 is 1.24 bits per heavy atom. The molecule has 0 aliphatic carbocycles. The summed E-state index contributed by atoms with van der Waals surface area (Å²) in [4.78, 5) is 0. The number of benzene rings is 2. The van der Waals surface area contributed by atoms with Crippen LogP contribution in [0.5, 0.6) is 11.5 Å². The van der Waals surface area contributed by atoms with E-state index in [1.54, 1.807) is 13.2 Å². The van der Waals surface area contributed by atoms with Crippen molar-refractivity contribution >= 4 is 27.5 Å². The molecule has 2 rings (SSSR count). The van der Waals surface area contributed by atoms with Gasteiger partial charge in [0.15, 0.2) is 11.5 Å². The zero-order valence-electron chi connectivity index (χ0n) is 14.5. The molecule has 0 aliphatic rings. The molecule has 1 N–H and O–H groups in total. The quantitative estimate of drug-likeness (QED) is 0.593. The second-order valence-electron chi connectivity index (χ2n) is 6.11. The number of rotatable bonds is 8. The van der Waals surface area contributed by atoms with Crippen LogP contribution in [0.4, 0.5) is 4.39 Å². The third kappa shape index (κ3) is 5.59. The van der Waals surface area contributed by atoms with Crippen LogP contribution in [0.25, 0.3) is 0 Å². The molecule has 0 unspecified atom stereocenters. The first kappa shape index (κ1) is 20.0. The molecule has 2 aromatic carbocycles. The number of halogens is 3. The van der Waals surface area contributed by atoms with Crippen LogP contribution in [0.1, 0.15) is 25.0 Å². The highest BCUT2D eigenvalue weighted by atomic mass is 79.9. The highest BCUT2D eigenvalue weighted by molar-refractivity contribution is 9.10. The first-order valence-corrected chi connectivity index (χ1v) is 9.22. The number of hydrogen-bond donors (Lipinski definition) is 1. The molecule has 0 amide bonds. The van der Waals surface area contributed by atoms with Gasteiger partial charge in [-0.3, -0.25) is 0 Å². The van der Waals surface area contributed by atoms with Crippen LogP contribution in [0.3, 0.4) is 0 Å². The molecule has 0 saturated carbocycles. The van der Waals surface area contributed by atoms with Gasteiger partial charge in [-0.25, -0.2) is 4.39 Å². The largest absolute Gasteiger partial charge is 0.493 e. The highest BCUT2D eigenvalue weighted by Gasteiger charge is 2.15. The monoisotopic (exact) mass is 429 g/mol. The summed E-state index contributed by atoms with van der Waals surface area (Å²) in [6.07, 6.45) is 0. The van der Waals surface area contributed by atoms with E-state index in [0.29, 0.717) is 34.5 Å². The van der Waals surface area contributed by atoms with Crippen LogP contribution >= 0.6 is 27.5 Å². The summed E-state index contributed by atoms with van der Waals surface area (Å²) in [5.41, 5.74) is 1.68. The number of hydrogen-bond acceptors (Lipinski definition) is 3. The molecule has 0 saturated heterocycles. The van der Waals surface area contributed by atoms with E-state index in [1.165, 1.54) is 12.1 Å². The van der Waals surface area contributed by atoms with E-state index in [4.69, 9.17) is 21.1 Å². The molecule has 0 fully saturated rings. The molecular formula is C19H22BrClFNO2. The average Bonchev–Trinajstić information content (AvgIpc) is 2.56. The maximum absolute atomic E-state index is 13.2. The fourth-order valence-electron chi connectivity index (χ4n) is 2.34. The van der Waals surface area contributed by atoms with Gasteiger partial charge < -0.3 is 14.8 Å². The molecule has 25 heavy (non-hydrogen) atoms. The summed E-state index contributed by atoms with van der Waals surface area (Å²) in [6, 6.07) is 8.05. The molecule has 0 atom stereocenters. The van der Waals surface area contributed by atoms with E-state index >= 15 is 0 Å². The fourth-order valence-corrected chi connectivity index (χ4v) is 3.01. The Hall–Kier alpha value is -1.30. The standard InChI is InChI=1S/C19H22BrClFNO2/c1-12(2)9-23-10-15-16(20)6-7-18(24-3)19(15)25-11-13-4-5-14(22)8-17(13)21/h4-8,12,23H,9-11H2,1-3H3. The molecule has 0 aliphatic heterocycles. The van der Waals surface area contributed by atoms with Gasteiger partial charge in [0, 0.05) is 22.1 Å². The second-order valence-corrected chi connectivity index (χ2v) is 7.37. The van der Waals surface area contributed by atoms with Crippen LogP contribution in [0.2, 0.25) is 5.02 Å². The van der Waals surface area contributed by atoms with Gasteiger partial charge in [-0.2, -0.15) is 0 Å². The summed E-state index contributed by atoms with van der Waals surface area (Å²) < 4.78 is 25.6. The van der Waals surface area contributed by atoms with Crippen LogP contribution in [0.15, 0.2) is 34.8 Å². The van der Waals surface area contributed by atoms with Crippen LogP contribution < -0.4 is 14.8 Å². The van der Waals surface area contributed by atoms with E-state index in [-0.39, 0.29) is 12.4 Å². The Bertz CT molecular complexity index is 725. The lowest BCUT2D eigenvalue weighted by Gasteiger charge is -2.18. The lowest BCUT2D eigenvalue weighted by Crippen LogP contribution is -2.20. The summed E-state index contributed by atoms with van der Waals surface area (Å²) >= 11 is 9.66. The average molecular weight is 431 g/mol. The molecule has 0 aromatic heterocycles. The van der Waals surface area contributed by atoms with Crippen LogP contribution in [0, 0.1) is 11.7 Å². The van der Waals surface area contributed by atoms with Gasteiger partial charge in [0.05, 0.1) is 12.1 Å². The maximum Gasteiger partial charge on any atom is 0.167 e. The maximum atomic E-state index is 13.2. The van der Waals surface area contributed by atoms with Crippen molar-refractivity contribution < 1.29 is 13.9 Å². The molecule has 0 radical (unpaired) electrons. The van der Waals surface area contributed by atoms with Gasteiger partial charge in [-0.05, 0) is 36.7 Å². The minimum absolute atomic E-state index is 0.225. The van der Waals surface area contributed by atoms with E-state index < -0.39 is 0 Å². The lowest BCUT2D eigenvalue weighted by atomic mass is 10.1. The van der Waals surface area contributed by atoms with E-state index in [0.717, 1.165) is 16.6 Å². The van der Waals surface area contributed by atoms with Crippen molar-refractivity contribution in [2.45, 2.75) is 27.0 Å². The zero-order chi connectivity index (χ0) is 18.4. The summed E-state index contributed by atoms with van der Waals surface area (Å²) in [5, 5.41) is 3.75. The first-order valence-electron chi connectivity index (χ1n) is 8.05. The smallest absolute Gasteiger partial charge is 0.167 e. The van der Waals surface area contributed by atoms with Gasteiger partial charge in [0.2, 0.25) is 0 Å². The summed E-state index contributed by atoms with van der Waals surface area (Å²) in [7, 11) is 1.60. The van der Waals surface area contributed by atoms with Crippen molar-refractivity contribution in [2.24, 2.45) is 5.92 Å². The predicted molar refractivity (Wildman–Crippen MR) is 103 cm³/mol. The predicted octanol–water partition coefficient (Wildman–Crippen LogP) is 5.57. The van der Waals surface area contributed by atoms with E-state index in [9.17, 15) is 4.39 Å². The Kier molecular flexibility index (Phi) is 7.54. The third-order valence-corrected chi connectivity index (χ3v) is 4.72. The molecule has 136 valence electrons. The number of ether oxygens (including phenoxy) is 2. The lowest BCUT2D eigenvalue weighted by molar-refractivity contribution is 0.280. The van der Waals surface area contributed by atoms with Crippen molar-refractivity contribution in [3.63, 3.8) is 0 Å². The first-order chi connectivity index (χ1) is 11.9. The number of methoxy groups -OCH3 is 1. The molecule has 3 nitrogen and oxygen atoms in total. The van der Waals surface area contributed by atoms with Gasteiger partial charge in [-0.15, -0.1) is 0 Å². The Balaban J connectivity index is 2.23. The summed E-state index contributed by atoms with van der Waals surface area (Å²) in [5.74, 6) is 1.47. The van der Waals surface area contributed by atoms with E-state index in [1.807, 2.05) is 12.1 Å². The minimum atomic E-state index is -0.368. The number of nitrogens with one attached hydrogen (secondary N) is 1. The van der Waals surface area contributed by atoms with Gasteiger partial charge in [0.25, 0.3) is 0 Å². The van der Waals surface area contributed by atoms with Crippen molar-refractivity contribution in [3.8, 4) is 11.5 Å². The molecule has 6 heteroatoms.